The van der Waals surface area contributed by atoms with E-state index in [4.69, 9.17) is 15.0 Å². The fraction of sp³-hybridized carbons (Fsp3) is 0.833. The van der Waals surface area contributed by atoms with E-state index in [1.807, 2.05) is 6.92 Å². The average Bonchev–Trinajstić information content (AvgIpc) is 3.09. The SMILES string of the molecule is CC(=O)OC[C@H]1C[C@@H](OC(C)=O)CC[C@]1(C)C1CC[C@]2(C)C(=C(F)F)CCC2[C@@H]1CN=[N+]=[N-]. The van der Waals surface area contributed by atoms with Gasteiger partial charge in [-0.3, -0.25) is 9.59 Å². The monoisotopic (exact) mass is 467 g/mol. The molecule has 0 aromatic rings. The molecule has 0 heterocycles. The summed E-state index contributed by atoms with van der Waals surface area (Å²) in [5, 5.41) is 3.91. The summed E-state index contributed by atoms with van der Waals surface area (Å²) in [5.74, 6) is -0.637. The van der Waals surface area contributed by atoms with Crippen LogP contribution in [0.4, 0.5) is 8.78 Å². The number of azide groups is 1. The van der Waals surface area contributed by atoms with E-state index in [1.165, 1.54) is 13.8 Å². The van der Waals surface area contributed by atoms with Crippen molar-refractivity contribution < 1.29 is 27.8 Å². The Morgan fingerprint density at radius 1 is 1.12 bits per heavy atom. The molecule has 3 aliphatic rings. The molecule has 3 fully saturated rings. The number of fused-ring (bicyclic) bond motifs is 1. The molecule has 3 rings (SSSR count). The maximum atomic E-state index is 13.8. The third kappa shape index (κ3) is 5.03. The van der Waals surface area contributed by atoms with Crippen molar-refractivity contribution in [3.05, 3.63) is 22.1 Å². The molecule has 2 unspecified atom stereocenters. The minimum atomic E-state index is -1.57. The lowest BCUT2D eigenvalue weighted by molar-refractivity contribution is -0.161. The predicted molar refractivity (Wildman–Crippen MR) is 118 cm³/mol. The van der Waals surface area contributed by atoms with Crippen molar-refractivity contribution in [3.8, 4) is 0 Å². The van der Waals surface area contributed by atoms with Gasteiger partial charge >= 0.3 is 11.9 Å². The van der Waals surface area contributed by atoms with Crippen molar-refractivity contribution >= 4 is 11.9 Å². The van der Waals surface area contributed by atoms with E-state index in [9.17, 15) is 18.4 Å². The van der Waals surface area contributed by atoms with Gasteiger partial charge in [0.15, 0.2) is 0 Å². The van der Waals surface area contributed by atoms with Crippen LogP contribution in [0.15, 0.2) is 16.8 Å². The van der Waals surface area contributed by atoms with Crippen molar-refractivity contribution in [3.63, 3.8) is 0 Å². The summed E-state index contributed by atoms with van der Waals surface area (Å²) in [6.07, 6.45) is 2.68. The lowest BCUT2D eigenvalue weighted by Crippen LogP contribution is -2.52. The Hall–Kier alpha value is -2.15. The van der Waals surface area contributed by atoms with Crippen molar-refractivity contribution in [1.29, 1.82) is 0 Å². The quantitative estimate of drug-likeness (QED) is 0.201. The summed E-state index contributed by atoms with van der Waals surface area (Å²) in [7, 11) is 0. The van der Waals surface area contributed by atoms with E-state index in [2.05, 4.69) is 16.9 Å². The molecule has 7 nitrogen and oxygen atoms in total. The van der Waals surface area contributed by atoms with E-state index in [0.29, 0.717) is 32.1 Å². The molecule has 0 spiro atoms. The molecule has 0 aliphatic heterocycles. The normalized spacial score (nSPS) is 38.1. The summed E-state index contributed by atoms with van der Waals surface area (Å²) in [6.45, 7) is 7.38. The summed E-state index contributed by atoms with van der Waals surface area (Å²) < 4.78 is 38.4. The van der Waals surface area contributed by atoms with E-state index >= 15 is 0 Å². The standard InChI is InChI=1S/C24H35F2N3O4/c1-14(30)32-13-16-11-17(33-15(2)31)7-9-23(16,3)20-8-10-24(4)19(18(20)12-28-29-27)5-6-21(24)22(25)26/h16-20H,5-13H2,1-4H3/t16-,17+,18+,19?,20?,23+,24+/m1/s1. The Morgan fingerprint density at radius 2 is 1.85 bits per heavy atom. The predicted octanol–water partition coefficient (Wildman–Crippen LogP) is 6.19. The summed E-state index contributed by atoms with van der Waals surface area (Å²) in [6, 6.07) is 0. The molecule has 3 saturated carbocycles. The number of esters is 2. The van der Waals surface area contributed by atoms with Gasteiger partial charge in [0.2, 0.25) is 0 Å². The van der Waals surface area contributed by atoms with Crippen LogP contribution in [0.3, 0.4) is 0 Å². The Morgan fingerprint density at radius 3 is 2.45 bits per heavy atom. The molecule has 3 aliphatic carbocycles. The minimum Gasteiger partial charge on any atom is -0.466 e. The second-order valence-corrected chi connectivity index (χ2v) is 10.5. The third-order valence-corrected chi connectivity index (χ3v) is 8.96. The van der Waals surface area contributed by atoms with Crippen molar-refractivity contribution in [2.45, 2.75) is 78.7 Å². The van der Waals surface area contributed by atoms with Gasteiger partial charge in [0.1, 0.15) is 6.10 Å². The molecule has 0 aromatic carbocycles. The topological polar surface area (TPSA) is 101 Å². The molecular weight excluding hydrogens is 432 g/mol. The zero-order valence-electron chi connectivity index (χ0n) is 20.0. The fourth-order valence-corrected chi connectivity index (χ4v) is 7.30. The lowest BCUT2D eigenvalue weighted by atomic mass is 9.49. The van der Waals surface area contributed by atoms with Gasteiger partial charge in [-0.15, -0.1) is 0 Å². The number of ether oxygens (including phenoxy) is 2. The number of hydrogen-bond donors (Lipinski definition) is 0. The molecule has 9 heteroatoms. The molecule has 0 amide bonds. The summed E-state index contributed by atoms with van der Waals surface area (Å²) in [5.41, 5.74) is 8.46. The molecule has 0 bridgehead atoms. The van der Waals surface area contributed by atoms with Gasteiger partial charge in [0.25, 0.3) is 6.08 Å². The smallest absolute Gasteiger partial charge is 0.302 e. The van der Waals surface area contributed by atoms with E-state index in [0.717, 1.165) is 12.8 Å². The van der Waals surface area contributed by atoms with Crippen LogP contribution >= 0.6 is 0 Å². The van der Waals surface area contributed by atoms with Gasteiger partial charge in [-0.2, -0.15) is 8.78 Å². The lowest BCUT2D eigenvalue weighted by Gasteiger charge is -2.56. The van der Waals surface area contributed by atoms with Crippen LogP contribution in [0, 0.1) is 34.5 Å². The Kier molecular flexibility index (Phi) is 7.72. The third-order valence-electron chi connectivity index (χ3n) is 8.96. The van der Waals surface area contributed by atoms with Crippen molar-refractivity contribution in [1.82, 2.24) is 0 Å². The zero-order valence-corrected chi connectivity index (χ0v) is 20.0. The van der Waals surface area contributed by atoms with Gasteiger partial charge in [0, 0.05) is 36.8 Å². The highest BCUT2D eigenvalue weighted by molar-refractivity contribution is 5.66. The molecule has 7 atom stereocenters. The number of rotatable bonds is 6. The second kappa shape index (κ2) is 10.00. The first kappa shape index (κ1) is 25.5. The number of carbonyl (C=O) groups is 2. The van der Waals surface area contributed by atoms with Crippen LogP contribution in [-0.4, -0.2) is 31.2 Å². The van der Waals surface area contributed by atoms with Crippen LogP contribution in [0.5, 0.6) is 0 Å². The highest BCUT2D eigenvalue weighted by atomic mass is 19.3. The van der Waals surface area contributed by atoms with Gasteiger partial charge in [-0.1, -0.05) is 19.0 Å². The van der Waals surface area contributed by atoms with Gasteiger partial charge in [-0.05, 0) is 79.1 Å². The Bertz CT molecular complexity index is 855. The Labute approximate surface area is 193 Å². The van der Waals surface area contributed by atoms with Crippen molar-refractivity contribution in [2.75, 3.05) is 13.2 Å². The fourth-order valence-electron chi connectivity index (χ4n) is 7.30. The molecule has 0 aromatic heterocycles. The zero-order chi connectivity index (χ0) is 24.4. The number of nitrogens with zero attached hydrogens (tertiary/aromatic N) is 3. The minimum absolute atomic E-state index is 0.00986. The second-order valence-electron chi connectivity index (χ2n) is 10.5. The first-order chi connectivity index (χ1) is 15.5. The van der Waals surface area contributed by atoms with Gasteiger partial charge in [0.05, 0.1) is 6.61 Å². The number of hydrogen-bond acceptors (Lipinski definition) is 5. The van der Waals surface area contributed by atoms with Gasteiger partial charge < -0.3 is 9.47 Å². The van der Waals surface area contributed by atoms with Crippen LogP contribution in [0.1, 0.15) is 72.6 Å². The average molecular weight is 468 g/mol. The molecular formula is C24H35F2N3O4. The number of carbonyl (C=O) groups excluding carboxylic acids is 2. The summed E-state index contributed by atoms with van der Waals surface area (Å²) >= 11 is 0. The number of halogens is 2. The Balaban J connectivity index is 1.94. The van der Waals surface area contributed by atoms with Gasteiger partial charge in [-0.25, -0.2) is 0 Å². The largest absolute Gasteiger partial charge is 0.466 e. The van der Waals surface area contributed by atoms with Crippen LogP contribution in [0.2, 0.25) is 0 Å². The molecule has 0 saturated heterocycles. The molecule has 0 radical (unpaired) electrons. The molecule has 0 N–H and O–H groups in total. The van der Waals surface area contributed by atoms with Crippen LogP contribution < -0.4 is 0 Å². The number of allylic oxidation sites excluding steroid dienone is 1. The van der Waals surface area contributed by atoms with E-state index < -0.39 is 11.5 Å². The highest BCUT2D eigenvalue weighted by Crippen LogP contribution is 2.64. The molecule has 184 valence electrons. The van der Waals surface area contributed by atoms with Crippen molar-refractivity contribution in [2.24, 2.45) is 39.6 Å². The van der Waals surface area contributed by atoms with E-state index in [-0.39, 0.29) is 65.9 Å². The maximum Gasteiger partial charge on any atom is 0.302 e. The van der Waals surface area contributed by atoms with Crippen LogP contribution in [0.25, 0.3) is 10.4 Å². The van der Waals surface area contributed by atoms with Crippen LogP contribution in [-0.2, 0) is 19.1 Å². The van der Waals surface area contributed by atoms with E-state index in [1.54, 1.807) is 0 Å². The molecule has 33 heavy (non-hydrogen) atoms. The first-order valence-electron chi connectivity index (χ1n) is 11.9. The highest BCUT2D eigenvalue weighted by Gasteiger charge is 2.58. The first-order valence-corrected chi connectivity index (χ1v) is 11.9. The summed E-state index contributed by atoms with van der Waals surface area (Å²) in [4.78, 5) is 26.1. The maximum absolute atomic E-state index is 13.8.